The SMILES string of the molecule is O=C(NC1CS(=O)(=O)C1)[C@H]1C[C@H]2OCC[C@H]2N(Cc2ccc(-n3ccnc3)cc2)C1. The summed E-state index contributed by atoms with van der Waals surface area (Å²) in [7, 11) is -2.95. The van der Waals surface area contributed by atoms with Crippen LogP contribution in [0.2, 0.25) is 0 Å². The summed E-state index contributed by atoms with van der Waals surface area (Å²) in [6, 6.07) is 8.46. The molecule has 5 rings (SSSR count). The number of benzene rings is 1. The summed E-state index contributed by atoms with van der Waals surface area (Å²) < 4.78 is 30.6. The molecule has 160 valence electrons. The molecule has 2 aromatic rings. The molecule has 3 saturated heterocycles. The van der Waals surface area contributed by atoms with Gasteiger partial charge < -0.3 is 14.6 Å². The Labute approximate surface area is 176 Å². The summed E-state index contributed by atoms with van der Waals surface area (Å²) in [5.74, 6) is -0.121. The molecule has 1 aromatic heterocycles. The Kier molecular flexibility index (Phi) is 5.12. The fraction of sp³-hybridized carbons (Fsp3) is 0.524. The minimum Gasteiger partial charge on any atom is -0.377 e. The molecular formula is C21H26N4O4S. The van der Waals surface area contributed by atoms with E-state index in [9.17, 15) is 13.2 Å². The first-order valence-electron chi connectivity index (χ1n) is 10.4. The van der Waals surface area contributed by atoms with Crippen LogP contribution in [0.15, 0.2) is 43.0 Å². The van der Waals surface area contributed by atoms with E-state index >= 15 is 0 Å². The zero-order valence-corrected chi connectivity index (χ0v) is 17.5. The molecule has 0 aliphatic carbocycles. The number of rotatable bonds is 5. The number of carbonyl (C=O) groups excluding carboxylic acids is 1. The molecule has 0 spiro atoms. The lowest BCUT2D eigenvalue weighted by Gasteiger charge is -2.41. The van der Waals surface area contributed by atoms with Crippen LogP contribution in [0.3, 0.4) is 0 Å². The van der Waals surface area contributed by atoms with E-state index in [1.54, 1.807) is 12.5 Å². The number of fused-ring (bicyclic) bond motifs is 1. The minimum atomic E-state index is -2.95. The van der Waals surface area contributed by atoms with Gasteiger partial charge in [-0.25, -0.2) is 13.4 Å². The maximum Gasteiger partial charge on any atom is 0.224 e. The normalized spacial score (nSPS) is 28.6. The highest BCUT2D eigenvalue weighted by molar-refractivity contribution is 7.92. The van der Waals surface area contributed by atoms with Crippen molar-refractivity contribution in [2.24, 2.45) is 5.92 Å². The number of sulfone groups is 1. The second-order valence-corrected chi connectivity index (χ2v) is 10.7. The molecule has 1 aromatic carbocycles. The number of nitrogens with one attached hydrogen (secondary N) is 1. The maximum absolute atomic E-state index is 12.8. The van der Waals surface area contributed by atoms with E-state index in [4.69, 9.17) is 4.74 Å². The molecule has 3 atom stereocenters. The first-order chi connectivity index (χ1) is 14.5. The van der Waals surface area contributed by atoms with Crippen LogP contribution in [0.4, 0.5) is 0 Å². The van der Waals surface area contributed by atoms with Crippen molar-refractivity contribution in [2.75, 3.05) is 24.7 Å². The molecule has 0 unspecified atom stereocenters. The van der Waals surface area contributed by atoms with Gasteiger partial charge in [0, 0.05) is 43.8 Å². The number of imidazole rings is 1. The molecule has 4 heterocycles. The van der Waals surface area contributed by atoms with Crippen LogP contribution in [-0.2, 0) is 25.9 Å². The number of carbonyl (C=O) groups is 1. The Morgan fingerprint density at radius 1 is 1.23 bits per heavy atom. The quantitative estimate of drug-likeness (QED) is 0.753. The van der Waals surface area contributed by atoms with Crippen molar-refractivity contribution in [3.05, 3.63) is 48.5 Å². The average Bonchev–Trinajstić information content (AvgIpc) is 3.39. The van der Waals surface area contributed by atoms with Gasteiger partial charge in [0.05, 0.1) is 35.9 Å². The molecule has 3 aliphatic rings. The van der Waals surface area contributed by atoms with E-state index in [-0.39, 0.29) is 35.5 Å². The average molecular weight is 431 g/mol. The van der Waals surface area contributed by atoms with Crippen LogP contribution in [0.1, 0.15) is 18.4 Å². The molecular weight excluding hydrogens is 404 g/mol. The van der Waals surface area contributed by atoms with Crippen LogP contribution in [0.25, 0.3) is 5.69 Å². The maximum atomic E-state index is 12.8. The summed E-state index contributed by atoms with van der Waals surface area (Å²) in [6.45, 7) is 2.15. The Morgan fingerprint density at radius 2 is 2.03 bits per heavy atom. The van der Waals surface area contributed by atoms with Crippen LogP contribution >= 0.6 is 0 Å². The Morgan fingerprint density at radius 3 is 2.73 bits per heavy atom. The third-order valence-electron chi connectivity index (χ3n) is 6.37. The fourth-order valence-electron chi connectivity index (χ4n) is 4.81. The zero-order chi connectivity index (χ0) is 20.7. The number of aromatic nitrogens is 2. The predicted octanol–water partition coefficient (Wildman–Crippen LogP) is 0.765. The Bertz CT molecular complexity index is 994. The van der Waals surface area contributed by atoms with Gasteiger partial charge in [-0.15, -0.1) is 0 Å². The van der Waals surface area contributed by atoms with Crippen LogP contribution in [-0.4, -0.2) is 71.6 Å². The van der Waals surface area contributed by atoms with Crippen molar-refractivity contribution >= 4 is 15.7 Å². The van der Waals surface area contributed by atoms with Crippen molar-refractivity contribution in [3.63, 3.8) is 0 Å². The van der Waals surface area contributed by atoms with Gasteiger partial charge in [0.1, 0.15) is 0 Å². The third kappa shape index (κ3) is 4.01. The number of nitrogens with zero attached hydrogens (tertiary/aromatic N) is 3. The summed E-state index contributed by atoms with van der Waals surface area (Å²) in [6.07, 6.45) is 7.18. The van der Waals surface area contributed by atoms with E-state index in [2.05, 4.69) is 39.5 Å². The van der Waals surface area contributed by atoms with Crippen LogP contribution in [0, 0.1) is 5.92 Å². The van der Waals surface area contributed by atoms with Gasteiger partial charge in [0.25, 0.3) is 0 Å². The first kappa shape index (κ1) is 19.7. The van der Waals surface area contributed by atoms with Crippen molar-refractivity contribution in [1.82, 2.24) is 19.8 Å². The molecule has 3 fully saturated rings. The summed E-state index contributed by atoms with van der Waals surface area (Å²) in [5.41, 5.74) is 2.25. The monoisotopic (exact) mass is 430 g/mol. The van der Waals surface area contributed by atoms with Crippen LogP contribution in [0.5, 0.6) is 0 Å². The zero-order valence-electron chi connectivity index (χ0n) is 16.7. The molecule has 8 nitrogen and oxygen atoms in total. The Hall–Kier alpha value is -2.23. The van der Waals surface area contributed by atoms with Gasteiger partial charge in [-0.05, 0) is 30.5 Å². The Balaban J connectivity index is 1.25. The number of piperidine rings is 1. The van der Waals surface area contributed by atoms with E-state index in [1.165, 1.54) is 5.56 Å². The number of amides is 1. The van der Waals surface area contributed by atoms with Crippen molar-refractivity contribution < 1.29 is 17.9 Å². The van der Waals surface area contributed by atoms with Crippen LogP contribution < -0.4 is 5.32 Å². The first-order valence-corrected chi connectivity index (χ1v) is 12.2. The molecule has 3 aliphatic heterocycles. The topological polar surface area (TPSA) is 93.5 Å². The predicted molar refractivity (Wildman–Crippen MR) is 111 cm³/mol. The molecule has 9 heteroatoms. The molecule has 0 bridgehead atoms. The van der Waals surface area contributed by atoms with E-state index in [0.717, 1.165) is 25.3 Å². The van der Waals surface area contributed by atoms with E-state index in [1.807, 2.05) is 10.8 Å². The molecule has 1 N–H and O–H groups in total. The molecule has 30 heavy (non-hydrogen) atoms. The lowest BCUT2D eigenvalue weighted by molar-refractivity contribution is -0.130. The fourth-order valence-corrected chi connectivity index (χ4v) is 6.11. The van der Waals surface area contributed by atoms with Gasteiger partial charge >= 0.3 is 0 Å². The molecule has 0 saturated carbocycles. The number of likely N-dealkylation sites (tertiary alicyclic amines) is 1. The number of ether oxygens (including phenoxy) is 1. The lowest BCUT2D eigenvalue weighted by atomic mass is 9.89. The van der Waals surface area contributed by atoms with Gasteiger partial charge in [-0.1, -0.05) is 12.1 Å². The van der Waals surface area contributed by atoms with Crippen molar-refractivity contribution in [1.29, 1.82) is 0 Å². The lowest BCUT2D eigenvalue weighted by Crippen LogP contribution is -2.57. The molecule has 1 amide bonds. The second-order valence-electron chi connectivity index (χ2n) is 8.55. The van der Waals surface area contributed by atoms with Gasteiger partial charge in [-0.3, -0.25) is 9.69 Å². The second kappa shape index (κ2) is 7.79. The minimum absolute atomic E-state index is 0.0516. The highest BCUT2D eigenvalue weighted by Gasteiger charge is 2.43. The van der Waals surface area contributed by atoms with Gasteiger partial charge in [0.15, 0.2) is 9.84 Å². The summed E-state index contributed by atoms with van der Waals surface area (Å²) in [5, 5.41) is 2.92. The summed E-state index contributed by atoms with van der Waals surface area (Å²) in [4.78, 5) is 19.2. The summed E-state index contributed by atoms with van der Waals surface area (Å²) >= 11 is 0. The standard InChI is InChI=1S/C21H26N4O4S/c26-21(23-17-12-30(27,28)13-17)16-9-20-19(5-8-29-20)25(11-16)10-15-1-3-18(4-2-15)24-7-6-22-14-24/h1-4,6-7,14,16-17,19-20H,5,8-13H2,(H,23,26)/t16-,19+,20+/m0/s1. The third-order valence-corrected chi connectivity index (χ3v) is 8.19. The smallest absolute Gasteiger partial charge is 0.224 e. The van der Waals surface area contributed by atoms with Gasteiger partial charge in [0.2, 0.25) is 5.91 Å². The number of hydrogen-bond donors (Lipinski definition) is 1. The molecule has 0 radical (unpaired) electrons. The van der Waals surface area contributed by atoms with E-state index < -0.39 is 9.84 Å². The van der Waals surface area contributed by atoms with Gasteiger partial charge in [-0.2, -0.15) is 0 Å². The number of hydrogen-bond acceptors (Lipinski definition) is 6. The largest absolute Gasteiger partial charge is 0.377 e. The highest BCUT2D eigenvalue weighted by atomic mass is 32.2. The van der Waals surface area contributed by atoms with Crippen molar-refractivity contribution in [2.45, 2.75) is 37.6 Å². The van der Waals surface area contributed by atoms with E-state index in [0.29, 0.717) is 19.0 Å². The van der Waals surface area contributed by atoms with Crippen molar-refractivity contribution in [3.8, 4) is 5.69 Å². The highest BCUT2D eigenvalue weighted by Crippen LogP contribution is 2.33.